The lowest BCUT2D eigenvalue weighted by atomic mass is 9.96. The second-order valence-electron chi connectivity index (χ2n) is 4.78. The monoisotopic (exact) mass is 259 g/mol. The highest BCUT2D eigenvalue weighted by atomic mass is 19.1. The first-order chi connectivity index (χ1) is 8.77. The average molecular weight is 259 g/mol. The third-order valence-electron chi connectivity index (χ3n) is 3.38. The van der Waals surface area contributed by atoms with E-state index in [0.717, 1.165) is 31.6 Å². The molecule has 4 nitrogen and oxygen atoms in total. The second kappa shape index (κ2) is 9.14. The average Bonchev–Trinajstić information content (AvgIpc) is 2.42. The Morgan fingerprint density at radius 3 is 2.78 bits per heavy atom. The summed E-state index contributed by atoms with van der Waals surface area (Å²) in [6, 6.07) is 0. The normalized spacial score (nSPS) is 17.8. The van der Waals surface area contributed by atoms with Crippen molar-refractivity contribution in [3.63, 3.8) is 0 Å². The Hall–Kier alpha value is -0.840. The molecule has 1 aliphatic heterocycles. The maximum absolute atomic E-state index is 12.0. The first-order valence-corrected chi connectivity index (χ1v) is 6.83. The molecule has 0 aromatic rings. The Balaban J connectivity index is 2.21. The van der Waals surface area contributed by atoms with Crippen LogP contribution in [0.4, 0.5) is 4.39 Å². The van der Waals surface area contributed by atoms with E-state index in [1.54, 1.807) is 7.05 Å². The molecule has 1 saturated heterocycles. The summed E-state index contributed by atoms with van der Waals surface area (Å²) >= 11 is 0. The molecule has 0 aromatic heterocycles. The van der Waals surface area contributed by atoms with Gasteiger partial charge in [0.25, 0.3) is 0 Å². The van der Waals surface area contributed by atoms with Gasteiger partial charge in [0.2, 0.25) is 0 Å². The molecular formula is C13H26FN3O. The van der Waals surface area contributed by atoms with Crippen LogP contribution in [0.25, 0.3) is 0 Å². The van der Waals surface area contributed by atoms with Gasteiger partial charge >= 0.3 is 0 Å². The fraction of sp³-hybridized carbons (Fsp3) is 0.923. The number of ether oxygens (including phenoxy) is 1. The first kappa shape index (κ1) is 15.2. The van der Waals surface area contributed by atoms with Gasteiger partial charge < -0.3 is 15.0 Å². The van der Waals surface area contributed by atoms with Crippen molar-refractivity contribution in [2.45, 2.75) is 25.7 Å². The maximum Gasteiger partial charge on any atom is 0.193 e. The van der Waals surface area contributed by atoms with Crippen LogP contribution in [0.2, 0.25) is 0 Å². The predicted octanol–water partition coefficient (Wildman–Crippen LogP) is 1.67. The number of halogens is 1. The van der Waals surface area contributed by atoms with E-state index in [4.69, 9.17) is 4.74 Å². The van der Waals surface area contributed by atoms with Crippen LogP contribution in [0.15, 0.2) is 4.99 Å². The summed E-state index contributed by atoms with van der Waals surface area (Å²) in [6.45, 7) is 3.15. The highest BCUT2D eigenvalue weighted by Gasteiger charge is 2.15. The molecule has 18 heavy (non-hydrogen) atoms. The van der Waals surface area contributed by atoms with E-state index in [0.29, 0.717) is 13.0 Å². The van der Waals surface area contributed by atoms with Crippen LogP contribution in [0, 0.1) is 5.92 Å². The van der Waals surface area contributed by atoms with Crippen LogP contribution in [-0.2, 0) is 4.74 Å². The Labute approximate surface area is 110 Å². The van der Waals surface area contributed by atoms with Crippen LogP contribution in [0.1, 0.15) is 25.7 Å². The van der Waals surface area contributed by atoms with Crippen molar-refractivity contribution in [3.05, 3.63) is 0 Å². The summed E-state index contributed by atoms with van der Waals surface area (Å²) in [5.74, 6) is 1.63. The third-order valence-corrected chi connectivity index (χ3v) is 3.38. The molecule has 0 atom stereocenters. The fourth-order valence-corrected chi connectivity index (χ4v) is 2.17. The van der Waals surface area contributed by atoms with Crippen molar-refractivity contribution < 1.29 is 9.13 Å². The van der Waals surface area contributed by atoms with Gasteiger partial charge in [0, 0.05) is 40.4 Å². The Morgan fingerprint density at radius 1 is 1.44 bits per heavy atom. The van der Waals surface area contributed by atoms with Gasteiger partial charge in [0.15, 0.2) is 5.96 Å². The summed E-state index contributed by atoms with van der Waals surface area (Å²) in [5.41, 5.74) is 0. The molecule has 0 aromatic carbocycles. The first-order valence-electron chi connectivity index (χ1n) is 6.83. The van der Waals surface area contributed by atoms with Gasteiger partial charge in [-0.3, -0.25) is 9.38 Å². The van der Waals surface area contributed by atoms with Gasteiger partial charge in [-0.2, -0.15) is 0 Å². The van der Waals surface area contributed by atoms with E-state index >= 15 is 0 Å². The molecule has 0 aliphatic carbocycles. The molecular weight excluding hydrogens is 233 g/mol. The van der Waals surface area contributed by atoms with Crippen molar-refractivity contribution >= 4 is 5.96 Å². The molecule has 1 aliphatic rings. The van der Waals surface area contributed by atoms with Gasteiger partial charge in [0.05, 0.1) is 6.67 Å². The van der Waals surface area contributed by atoms with Crippen LogP contribution in [0.3, 0.4) is 0 Å². The molecule has 1 rings (SSSR count). The summed E-state index contributed by atoms with van der Waals surface area (Å²) in [7, 11) is 3.80. The third kappa shape index (κ3) is 5.67. The summed E-state index contributed by atoms with van der Waals surface area (Å²) in [5, 5.41) is 3.17. The molecule has 0 bridgehead atoms. The minimum Gasteiger partial charge on any atom is -0.381 e. The molecule has 1 heterocycles. The number of nitrogens with one attached hydrogen (secondary N) is 1. The van der Waals surface area contributed by atoms with Crippen LogP contribution in [0.5, 0.6) is 0 Å². The summed E-state index contributed by atoms with van der Waals surface area (Å²) in [4.78, 5) is 6.33. The standard InChI is InChI=1S/C13H26FN3O/c1-15-13(16-8-3-7-14)17(2)9-4-12-5-10-18-11-6-12/h12H,3-11H2,1-2H3,(H,15,16). The van der Waals surface area contributed by atoms with Crippen molar-refractivity contribution in [1.29, 1.82) is 0 Å². The van der Waals surface area contributed by atoms with Gasteiger partial charge in [-0.25, -0.2) is 0 Å². The predicted molar refractivity (Wildman–Crippen MR) is 72.7 cm³/mol. The second-order valence-corrected chi connectivity index (χ2v) is 4.78. The van der Waals surface area contributed by atoms with E-state index in [-0.39, 0.29) is 6.67 Å². The van der Waals surface area contributed by atoms with Gasteiger partial charge in [-0.1, -0.05) is 0 Å². The number of hydrogen-bond acceptors (Lipinski definition) is 2. The zero-order valence-electron chi connectivity index (χ0n) is 11.6. The zero-order valence-corrected chi connectivity index (χ0v) is 11.6. The molecule has 5 heteroatoms. The Morgan fingerprint density at radius 2 is 2.17 bits per heavy atom. The molecule has 0 unspecified atom stereocenters. The number of alkyl halides is 1. The van der Waals surface area contributed by atoms with Crippen molar-refractivity contribution in [3.8, 4) is 0 Å². The van der Waals surface area contributed by atoms with E-state index in [2.05, 4.69) is 15.2 Å². The number of nitrogens with zero attached hydrogens (tertiary/aromatic N) is 2. The maximum atomic E-state index is 12.0. The van der Waals surface area contributed by atoms with E-state index < -0.39 is 0 Å². The van der Waals surface area contributed by atoms with Gasteiger partial charge in [-0.05, 0) is 31.6 Å². The van der Waals surface area contributed by atoms with E-state index in [1.807, 2.05) is 7.05 Å². The van der Waals surface area contributed by atoms with Gasteiger partial charge in [0.1, 0.15) is 0 Å². The lowest BCUT2D eigenvalue weighted by molar-refractivity contribution is 0.0625. The highest BCUT2D eigenvalue weighted by Crippen LogP contribution is 2.18. The lowest BCUT2D eigenvalue weighted by Crippen LogP contribution is -2.40. The fourth-order valence-electron chi connectivity index (χ4n) is 2.17. The molecule has 0 amide bonds. The summed E-state index contributed by atoms with van der Waals surface area (Å²) in [6.07, 6.45) is 4.04. The topological polar surface area (TPSA) is 36.9 Å². The highest BCUT2D eigenvalue weighted by molar-refractivity contribution is 5.79. The largest absolute Gasteiger partial charge is 0.381 e. The number of rotatable bonds is 6. The lowest BCUT2D eigenvalue weighted by Gasteiger charge is -2.26. The van der Waals surface area contributed by atoms with E-state index in [1.165, 1.54) is 19.3 Å². The Bertz CT molecular complexity index is 242. The molecule has 0 radical (unpaired) electrons. The van der Waals surface area contributed by atoms with Crippen LogP contribution in [-0.4, -0.2) is 57.9 Å². The zero-order chi connectivity index (χ0) is 13.2. The van der Waals surface area contributed by atoms with Crippen LogP contribution < -0.4 is 5.32 Å². The van der Waals surface area contributed by atoms with E-state index in [9.17, 15) is 4.39 Å². The number of hydrogen-bond donors (Lipinski definition) is 1. The minimum atomic E-state index is -0.282. The SMILES string of the molecule is CN=C(NCCCF)N(C)CCC1CCOCC1. The molecule has 1 fully saturated rings. The molecule has 106 valence electrons. The molecule has 0 saturated carbocycles. The molecule has 1 N–H and O–H groups in total. The number of aliphatic imine (C=N–C) groups is 1. The smallest absolute Gasteiger partial charge is 0.193 e. The molecule has 0 spiro atoms. The summed E-state index contributed by atoms with van der Waals surface area (Å²) < 4.78 is 17.4. The minimum absolute atomic E-state index is 0.282. The number of guanidine groups is 1. The van der Waals surface area contributed by atoms with Crippen molar-refractivity contribution in [2.24, 2.45) is 10.9 Å². The Kier molecular flexibility index (Phi) is 7.73. The quantitative estimate of drug-likeness (QED) is 0.448. The van der Waals surface area contributed by atoms with Gasteiger partial charge in [-0.15, -0.1) is 0 Å². The van der Waals surface area contributed by atoms with Crippen LogP contribution >= 0.6 is 0 Å². The van der Waals surface area contributed by atoms with Crippen molar-refractivity contribution in [1.82, 2.24) is 10.2 Å². The van der Waals surface area contributed by atoms with Crippen molar-refractivity contribution in [2.75, 3.05) is 47.1 Å².